The second-order valence-electron chi connectivity index (χ2n) is 6.17. The highest BCUT2D eigenvalue weighted by atomic mass is 19.1. The lowest BCUT2D eigenvalue weighted by Crippen LogP contribution is -2.17. The number of aromatic nitrogens is 1. The van der Waals surface area contributed by atoms with Gasteiger partial charge in [0.2, 0.25) is 0 Å². The SMILES string of the molecule is Cc1ccccc1Cn1c(C(=O)Nc2ccc(F)cc2)cc2occc21. The number of halogens is 1. The molecule has 0 radical (unpaired) electrons. The Morgan fingerprint density at radius 2 is 1.88 bits per heavy atom. The van der Waals surface area contributed by atoms with Crippen LogP contribution in [0.3, 0.4) is 0 Å². The fourth-order valence-electron chi connectivity index (χ4n) is 3.02. The summed E-state index contributed by atoms with van der Waals surface area (Å²) in [6, 6.07) is 17.3. The first-order valence-electron chi connectivity index (χ1n) is 8.30. The van der Waals surface area contributed by atoms with Crippen LogP contribution in [0.25, 0.3) is 11.1 Å². The van der Waals surface area contributed by atoms with Gasteiger partial charge in [0.1, 0.15) is 11.5 Å². The van der Waals surface area contributed by atoms with Crippen LogP contribution in [0.2, 0.25) is 0 Å². The molecule has 0 saturated carbocycles. The molecule has 130 valence electrons. The Hall–Kier alpha value is -3.34. The molecular formula is C21H17FN2O2. The third-order valence-corrected chi connectivity index (χ3v) is 4.45. The van der Waals surface area contributed by atoms with E-state index >= 15 is 0 Å². The summed E-state index contributed by atoms with van der Waals surface area (Å²) in [7, 11) is 0. The smallest absolute Gasteiger partial charge is 0.272 e. The molecule has 5 heteroatoms. The second-order valence-corrected chi connectivity index (χ2v) is 6.17. The second kappa shape index (κ2) is 6.52. The number of fused-ring (bicyclic) bond motifs is 1. The fourth-order valence-corrected chi connectivity index (χ4v) is 3.02. The van der Waals surface area contributed by atoms with Gasteiger partial charge in [0.25, 0.3) is 5.91 Å². The van der Waals surface area contributed by atoms with E-state index in [1.165, 1.54) is 24.3 Å². The molecule has 2 heterocycles. The van der Waals surface area contributed by atoms with Gasteiger partial charge < -0.3 is 14.3 Å². The number of carbonyl (C=O) groups is 1. The molecule has 26 heavy (non-hydrogen) atoms. The zero-order valence-electron chi connectivity index (χ0n) is 14.2. The molecule has 4 rings (SSSR count). The quantitative estimate of drug-likeness (QED) is 0.565. The molecule has 1 N–H and O–H groups in total. The molecule has 4 aromatic rings. The largest absolute Gasteiger partial charge is 0.463 e. The molecule has 0 unspecified atom stereocenters. The zero-order chi connectivity index (χ0) is 18.1. The Balaban J connectivity index is 1.70. The van der Waals surface area contributed by atoms with Crippen molar-refractivity contribution in [2.24, 2.45) is 0 Å². The van der Waals surface area contributed by atoms with Crippen molar-refractivity contribution in [2.45, 2.75) is 13.5 Å². The number of anilines is 1. The van der Waals surface area contributed by atoms with E-state index in [-0.39, 0.29) is 11.7 Å². The lowest BCUT2D eigenvalue weighted by Gasteiger charge is -2.12. The van der Waals surface area contributed by atoms with Crippen LogP contribution in [0.5, 0.6) is 0 Å². The van der Waals surface area contributed by atoms with E-state index in [1.807, 2.05) is 41.8 Å². The van der Waals surface area contributed by atoms with E-state index in [0.717, 1.165) is 16.6 Å². The minimum absolute atomic E-state index is 0.267. The van der Waals surface area contributed by atoms with Crippen LogP contribution >= 0.6 is 0 Å². The molecule has 0 aliphatic rings. The van der Waals surface area contributed by atoms with E-state index in [4.69, 9.17) is 4.42 Å². The van der Waals surface area contributed by atoms with Crippen molar-refractivity contribution in [3.63, 3.8) is 0 Å². The lowest BCUT2D eigenvalue weighted by atomic mass is 10.1. The highest BCUT2D eigenvalue weighted by Crippen LogP contribution is 2.24. The summed E-state index contributed by atoms with van der Waals surface area (Å²) in [6.45, 7) is 2.60. The summed E-state index contributed by atoms with van der Waals surface area (Å²) in [5.41, 5.74) is 4.83. The first kappa shape index (κ1) is 16.1. The third kappa shape index (κ3) is 2.99. The summed E-state index contributed by atoms with van der Waals surface area (Å²) in [4.78, 5) is 12.8. The highest BCUT2D eigenvalue weighted by molar-refractivity contribution is 6.05. The lowest BCUT2D eigenvalue weighted by molar-refractivity contribution is 0.101. The van der Waals surface area contributed by atoms with Crippen molar-refractivity contribution < 1.29 is 13.6 Å². The summed E-state index contributed by atoms with van der Waals surface area (Å²) in [5, 5.41) is 2.81. The number of nitrogens with one attached hydrogen (secondary N) is 1. The molecule has 0 spiro atoms. The number of rotatable bonds is 4. The topological polar surface area (TPSA) is 47.2 Å². The molecule has 0 atom stereocenters. The normalized spacial score (nSPS) is 11.0. The third-order valence-electron chi connectivity index (χ3n) is 4.45. The van der Waals surface area contributed by atoms with Gasteiger partial charge in [0.15, 0.2) is 5.58 Å². The molecule has 0 aliphatic carbocycles. The number of hydrogen-bond donors (Lipinski definition) is 1. The maximum atomic E-state index is 13.1. The summed E-state index contributed by atoms with van der Waals surface area (Å²) >= 11 is 0. The van der Waals surface area contributed by atoms with Crippen molar-refractivity contribution in [1.82, 2.24) is 4.57 Å². The molecule has 0 aliphatic heterocycles. The van der Waals surface area contributed by atoms with Crippen LogP contribution in [-0.2, 0) is 6.54 Å². The number of hydrogen-bond acceptors (Lipinski definition) is 2. The van der Waals surface area contributed by atoms with Gasteiger partial charge in [-0.25, -0.2) is 4.39 Å². The molecule has 1 amide bonds. The average Bonchev–Trinajstić information content (AvgIpc) is 3.21. The molecule has 0 saturated heterocycles. The Labute approximate surface area is 149 Å². The van der Waals surface area contributed by atoms with Crippen molar-refractivity contribution in [3.05, 3.63) is 89.6 Å². The van der Waals surface area contributed by atoms with Gasteiger partial charge >= 0.3 is 0 Å². The van der Waals surface area contributed by atoms with Crippen LogP contribution < -0.4 is 5.32 Å². The van der Waals surface area contributed by atoms with Gasteiger partial charge in [-0.05, 0) is 42.3 Å². The Morgan fingerprint density at radius 3 is 2.65 bits per heavy atom. The van der Waals surface area contributed by atoms with Crippen molar-refractivity contribution in [1.29, 1.82) is 0 Å². The van der Waals surface area contributed by atoms with Crippen LogP contribution in [-0.4, -0.2) is 10.5 Å². The van der Waals surface area contributed by atoms with Crippen molar-refractivity contribution >= 4 is 22.7 Å². The van der Waals surface area contributed by atoms with Gasteiger partial charge in [0.05, 0.1) is 11.8 Å². The van der Waals surface area contributed by atoms with Crippen LogP contribution in [0.1, 0.15) is 21.6 Å². The van der Waals surface area contributed by atoms with Crippen LogP contribution in [0.15, 0.2) is 71.3 Å². The maximum absolute atomic E-state index is 13.1. The van der Waals surface area contributed by atoms with Crippen molar-refractivity contribution in [2.75, 3.05) is 5.32 Å². The Morgan fingerprint density at radius 1 is 1.12 bits per heavy atom. The van der Waals surface area contributed by atoms with E-state index in [1.54, 1.807) is 12.3 Å². The molecular weight excluding hydrogens is 331 g/mol. The van der Waals surface area contributed by atoms with Gasteiger partial charge in [-0.2, -0.15) is 0 Å². The van der Waals surface area contributed by atoms with Crippen molar-refractivity contribution in [3.8, 4) is 0 Å². The number of nitrogens with zero attached hydrogens (tertiary/aromatic N) is 1. The molecule has 2 aromatic carbocycles. The Kier molecular flexibility index (Phi) is 4.05. The van der Waals surface area contributed by atoms with Crippen LogP contribution in [0.4, 0.5) is 10.1 Å². The minimum atomic E-state index is -0.344. The van der Waals surface area contributed by atoms with Gasteiger partial charge in [-0.15, -0.1) is 0 Å². The minimum Gasteiger partial charge on any atom is -0.463 e. The number of furan rings is 1. The number of aryl methyl sites for hydroxylation is 1. The van der Waals surface area contributed by atoms with Gasteiger partial charge in [0, 0.05) is 24.4 Å². The Bertz CT molecular complexity index is 1080. The number of carbonyl (C=O) groups excluding carboxylic acids is 1. The molecule has 4 nitrogen and oxygen atoms in total. The molecule has 2 aromatic heterocycles. The average molecular weight is 348 g/mol. The van der Waals surface area contributed by atoms with E-state index < -0.39 is 0 Å². The van der Waals surface area contributed by atoms with E-state index in [0.29, 0.717) is 23.5 Å². The van der Waals surface area contributed by atoms with Gasteiger partial charge in [-0.3, -0.25) is 4.79 Å². The summed E-state index contributed by atoms with van der Waals surface area (Å²) in [6.07, 6.45) is 1.61. The predicted octanol–water partition coefficient (Wildman–Crippen LogP) is 4.98. The van der Waals surface area contributed by atoms with Gasteiger partial charge in [-0.1, -0.05) is 24.3 Å². The first-order valence-corrected chi connectivity index (χ1v) is 8.30. The monoisotopic (exact) mass is 348 g/mol. The highest BCUT2D eigenvalue weighted by Gasteiger charge is 2.18. The number of amides is 1. The van der Waals surface area contributed by atoms with Crippen LogP contribution in [0, 0.1) is 12.7 Å². The standard InChI is InChI=1S/C21H17FN2O2/c1-14-4-2-3-5-15(14)13-24-18-10-11-26-20(18)12-19(24)21(25)23-17-8-6-16(22)7-9-17/h2-12H,13H2,1H3,(H,23,25). The van der Waals surface area contributed by atoms with E-state index in [9.17, 15) is 9.18 Å². The zero-order valence-corrected chi connectivity index (χ0v) is 14.2. The first-order chi connectivity index (χ1) is 12.6. The summed E-state index contributed by atoms with van der Waals surface area (Å²) < 4.78 is 20.5. The fraction of sp³-hybridized carbons (Fsp3) is 0.0952. The predicted molar refractivity (Wildman–Crippen MR) is 98.8 cm³/mol. The molecule has 0 bridgehead atoms. The maximum Gasteiger partial charge on any atom is 0.272 e. The number of benzene rings is 2. The molecule has 0 fully saturated rings. The van der Waals surface area contributed by atoms with E-state index in [2.05, 4.69) is 5.32 Å². The summed E-state index contributed by atoms with van der Waals surface area (Å²) in [5.74, 6) is -0.611.